The summed E-state index contributed by atoms with van der Waals surface area (Å²) >= 11 is 0. The average molecular weight is 507 g/mol. The van der Waals surface area contributed by atoms with Crippen LogP contribution in [0.3, 0.4) is 0 Å². The van der Waals surface area contributed by atoms with Crippen molar-refractivity contribution in [3.8, 4) is 0 Å². The second kappa shape index (κ2) is 10.6. The number of halogens is 1. The predicted molar refractivity (Wildman–Crippen MR) is 139 cm³/mol. The van der Waals surface area contributed by atoms with E-state index in [1.54, 1.807) is 6.07 Å². The summed E-state index contributed by atoms with van der Waals surface area (Å²) < 4.78 is 15.0. The summed E-state index contributed by atoms with van der Waals surface area (Å²) in [5.74, 6) is 0.303. The molecule has 3 aliphatic rings. The first kappa shape index (κ1) is 25.4. The van der Waals surface area contributed by atoms with Gasteiger partial charge in [-0.05, 0) is 67.4 Å². The van der Waals surface area contributed by atoms with Crippen molar-refractivity contribution in [1.82, 2.24) is 15.1 Å². The van der Waals surface area contributed by atoms with Crippen molar-refractivity contribution in [3.05, 3.63) is 64.5 Å². The lowest BCUT2D eigenvalue weighted by Gasteiger charge is -2.33. The van der Waals surface area contributed by atoms with E-state index in [1.807, 2.05) is 30.3 Å². The Labute approximate surface area is 217 Å². The Balaban J connectivity index is 1.21. The van der Waals surface area contributed by atoms with Gasteiger partial charge in [0.1, 0.15) is 11.9 Å². The normalized spacial score (nSPS) is 20.9. The van der Waals surface area contributed by atoms with Gasteiger partial charge in [-0.15, -0.1) is 0 Å². The molecule has 0 bridgehead atoms. The number of anilines is 1. The number of nitrogens with zero attached hydrogens (tertiary/aromatic N) is 2. The molecule has 2 N–H and O–H groups in total. The van der Waals surface area contributed by atoms with Gasteiger partial charge in [0, 0.05) is 37.3 Å². The zero-order chi connectivity index (χ0) is 26.1. The number of hydrogen-bond donors (Lipinski definition) is 2. The molecule has 1 atom stereocenters. The number of likely N-dealkylation sites (tertiary alicyclic amines) is 1. The summed E-state index contributed by atoms with van der Waals surface area (Å²) in [4.78, 5) is 41.0. The molecule has 7 nitrogen and oxygen atoms in total. The van der Waals surface area contributed by atoms with Gasteiger partial charge in [-0.25, -0.2) is 4.39 Å². The topological polar surface area (TPSA) is 81.8 Å². The van der Waals surface area contributed by atoms with Gasteiger partial charge in [-0.1, -0.05) is 38.1 Å². The van der Waals surface area contributed by atoms with E-state index in [1.165, 1.54) is 17.7 Å². The Morgan fingerprint density at radius 1 is 1.08 bits per heavy atom. The fourth-order valence-corrected chi connectivity index (χ4v) is 5.81. The highest BCUT2D eigenvalue weighted by Crippen LogP contribution is 2.33. The van der Waals surface area contributed by atoms with Gasteiger partial charge in [-0.3, -0.25) is 24.6 Å². The van der Waals surface area contributed by atoms with Gasteiger partial charge in [0.05, 0.1) is 5.56 Å². The molecule has 1 unspecified atom stereocenters. The maximum Gasteiger partial charge on any atom is 0.257 e. The molecule has 3 amide bonds. The van der Waals surface area contributed by atoms with Crippen LogP contribution in [0.25, 0.3) is 0 Å². The summed E-state index contributed by atoms with van der Waals surface area (Å²) in [7, 11) is 0. The third kappa shape index (κ3) is 5.39. The second-order valence-electron chi connectivity index (χ2n) is 10.9. The Morgan fingerprint density at radius 2 is 1.86 bits per heavy atom. The van der Waals surface area contributed by atoms with E-state index in [2.05, 4.69) is 29.4 Å². The SMILES string of the molecule is CC(C)C1CCN(Cc2ccc(CNc3cccc4c3C(=O)N(C3CCC(=O)NC3=O)C4)cc2F)CC1. The Morgan fingerprint density at radius 3 is 2.57 bits per heavy atom. The molecule has 3 heterocycles. The van der Waals surface area contributed by atoms with Gasteiger partial charge in [0.15, 0.2) is 0 Å². The van der Waals surface area contributed by atoms with Gasteiger partial charge >= 0.3 is 0 Å². The quantitative estimate of drug-likeness (QED) is 0.554. The number of carbonyl (C=O) groups is 3. The molecule has 3 aliphatic heterocycles. The number of imide groups is 1. The van der Waals surface area contributed by atoms with Crippen LogP contribution in [0.1, 0.15) is 66.6 Å². The van der Waals surface area contributed by atoms with Crippen molar-refractivity contribution >= 4 is 23.4 Å². The van der Waals surface area contributed by atoms with E-state index in [0.29, 0.717) is 48.8 Å². The Bertz CT molecular complexity index is 1210. The minimum atomic E-state index is -0.650. The van der Waals surface area contributed by atoms with Crippen LogP contribution in [0, 0.1) is 17.7 Å². The average Bonchev–Trinajstić information content (AvgIpc) is 3.21. The monoisotopic (exact) mass is 506 g/mol. The molecule has 0 aliphatic carbocycles. The molecule has 2 saturated heterocycles. The molecule has 2 fully saturated rings. The Hall–Kier alpha value is -3.26. The number of nitrogens with one attached hydrogen (secondary N) is 2. The molecule has 0 spiro atoms. The third-order valence-electron chi connectivity index (χ3n) is 8.12. The summed E-state index contributed by atoms with van der Waals surface area (Å²) in [6.45, 7) is 7.90. The van der Waals surface area contributed by atoms with E-state index in [0.717, 1.165) is 30.1 Å². The van der Waals surface area contributed by atoms with Gasteiger partial charge < -0.3 is 10.2 Å². The lowest BCUT2D eigenvalue weighted by Crippen LogP contribution is -2.52. The minimum Gasteiger partial charge on any atom is -0.380 e. The predicted octanol–water partition coefficient (Wildman–Crippen LogP) is 4.07. The molecule has 2 aromatic rings. The maximum atomic E-state index is 15.0. The number of benzene rings is 2. The Kier molecular flexibility index (Phi) is 7.29. The van der Waals surface area contributed by atoms with Crippen LogP contribution >= 0.6 is 0 Å². The van der Waals surface area contributed by atoms with Crippen LogP contribution in [-0.4, -0.2) is 46.7 Å². The van der Waals surface area contributed by atoms with Gasteiger partial charge in [0.25, 0.3) is 5.91 Å². The standard InChI is InChI=1S/C29H35FN4O3/c1-18(2)20-10-12-33(13-11-20)16-21-7-6-19(14-23(21)30)15-31-24-5-3-4-22-17-34(29(37)27(22)24)25-8-9-26(35)32-28(25)36/h3-7,14,18,20,25,31H,8-13,15-17H2,1-2H3,(H,32,35,36). The van der Waals surface area contributed by atoms with Gasteiger partial charge in [0.2, 0.25) is 11.8 Å². The van der Waals surface area contributed by atoms with Crippen molar-refractivity contribution in [3.63, 3.8) is 0 Å². The van der Waals surface area contributed by atoms with Crippen LogP contribution < -0.4 is 10.6 Å². The van der Waals surface area contributed by atoms with E-state index in [9.17, 15) is 18.8 Å². The number of amides is 3. The van der Waals surface area contributed by atoms with Crippen LogP contribution in [0.5, 0.6) is 0 Å². The highest BCUT2D eigenvalue weighted by atomic mass is 19.1. The molecule has 37 heavy (non-hydrogen) atoms. The van der Waals surface area contributed by atoms with Crippen molar-refractivity contribution in [2.45, 2.75) is 65.2 Å². The summed E-state index contributed by atoms with van der Waals surface area (Å²) in [5, 5.41) is 5.63. The first-order valence-electron chi connectivity index (χ1n) is 13.3. The number of fused-ring (bicyclic) bond motifs is 1. The molecular weight excluding hydrogens is 471 g/mol. The first-order chi connectivity index (χ1) is 17.8. The van der Waals surface area contributed by atoms with Crippen molar-refractivity contribution in [2.24, 2.45) is 11.8 Å². The number of carbonyl (C=O) groups excluding carboxylic acids is 3. The molecule has 0 saturated carbocycles. The zero-order valence-corrected chi connectivity index (χ0v) is 21.6. The largest absolute Gasteiger partial charge is 0.380 e. The number of rotatable bonds is 7. The summed E-state index contributed by atoms with van der Waals surface area (Å²) in [5.41, 5.74) is 3.54. The number of hydrogen-bond acceptors (Lipinski definition) is 5. The third-order valence-corrected chi connectivity index (χ3v) is 8.12. The highest BCUT2D eigenvalue weighted by molar-refractivity contribution is 6.07. The van der Waals surface area contributed by atoms with Crippen molar-refractivity contribution in [1.29, 1.82) is 0 Å². The van der Waals surface area contributed by atoms with E-state index in [-0.39, 0.29) is 24.1 Å². The fraction of sp³-hybridized carbons (Fsp3) is 0.483. The number of piperidine rings is 2. The van der Waals surface area contributed by atoms with E-state index < -0.39 is 11.9 Å². The van der Waals surface area contributed by atoms with Crippen LogP contribution in [-0.2, 0) is 29.2 Å². The smallest absolute Gasteiger partial charge is 0.257 e. The summed E-state index contributed by atoms with van der Waals surface area (Å²) in [6, 6.07) is 10.3. The lowest BCUT2D eigenvalue weighted by molar-refractivity contribution is -0.136. The van der Waals surface area contributed by atoms with E-state index in [4.69, 9.17) is 0 Å². The zero-order valence-electron chi connectivity index (χ0n) is 21.6. The molecule has 196 valence electrons. The molecular formula is C29H35FN4O3. The van der Waals surface area contributed by atoms with Crippen molar-refractivity contribution in [2.75, 3.05) is 18.4 Å². The van der Waals surface area contributed by atoms with Crippen LogP contribution in [0.2, 0.25) is 0 Å². The molecule has 2 aromatic carbocycles. The molecule has 0 radical (unpaired) electrons. The second-order valence-corrected chi connectivity index (χ2v) is 10.9. The fourth-order valence-electron chi connectivity index (χ4n) is 5.81. The highest BCUT2D eigenvalue weighted by Gasteiger charge is 2.40. The first-order valence-corrected chi connectivity index (χ1v) is 13.3. The van der Waals surface area contributed by atoms with Crippen LogP contribution in [0.4, 0.5) is 10.1 Å². The van der Waals surface area contributed by atoms with Gasteiger partial charge in [-0.2, -0.15) is 0 Å². The summed E-state index contributed by atoms with van der Waals surface area (Å²) in [6.07, 6.45) is 2.89. The lowest BCUT2D eigenvalue weighted by atomic mass is 9.86. The van der Waals surface area contributed by atoms with E-state index >= 15 is 0 Å². The molecule has 8 heteroatoms. The maximum absolute atomic E-state index is 15.0. The molecule has 5 rings (SSSR count). The van der Waals surface area contributed by atoms with Crippen molar-refractivity contribution < 1.29 is 18.8 Å². The molecule has 0 aromatic heterocycles. The van der Waals surface area contributed by atoms with Crippen LogP contribution in [0.15, 0.2) is 36.4 Å². The minimum absolute atomic E-state index is 0.205.